The molecule has 7 heteroatoms. The van der Waals surface area contributed by atoms with Gasteiger partial charge in [-0.05, 0) is 19.1 Å². The summed E-state index contributed by atoms with van der Waals surface area (Å²) in [6.45, 7) is 10.6. The molecule has 0 bridgehead atoms. The number of halogens is 1. The third kappa shape index (κ3) is 11.0. The Morgan fingerprint density at radius 2 is 1.75 bits per heavy atom. The van der Waals surface area contributed by atoms with Gasteiger partial charge in [-0.3, -0.25) is 4.99 Å². The average molecular weight is 449 g/mol. The quantitative estimate of drug-likeness (QED) is 0.456. The molecule has 32 heavy (non-hydrogen) atoms. The maximum atomic E-state index is 14.3. The Morgan fingerprint density at radius 1 is 1.16 bits per heavy atom. The van der Waals surface area contributed by atoms with E-state index in [-0.39, 0.29) is 40.9 Å². The van der Waals surface area contributed by atoms with E-state index in [1.165, 1.54) is 57.8 Å². The highest BCUT2D eigenvalue weighted by Gasteiger charge is 2.21. The van der Waals surface area contributed by atoms with Gasteiger partial charge < -0.3 is 21.3 Å². The Morgan fingerprint density at radius 3 is 2.22 bits per heavy atom. The van der Waals surface area contributed by atoms with E-state index in [1.54, 1.807) is 13.0 Å². The van der Waals surface area contributed by atoms with Gasteiger partial charge in [-0.1, -0.05) is 66.2 Å². The number of methoxy groups -OCH3 is 1. The summed E-state index contributed by atoms with van der Waals surface area (Å²) in [5, 5.41) is 10.1. The smallest absolute Gasteiger partial charge is 0.140 e. The fourth-order valence-electron chi connectivity index (χ4n) is 2.67. The molecular formula is C25H41FN4O2. The van der Waals surface area contributed by atoms with Gasteiger partial charge in [-0.2, -0.15) is 0 Å². The van der Waals surface area contributed by atoms with Crippen molar-refractivity contribution in [1.29, 1.82) is 0 Å². The summed E-state index contributed by atoms with van der Waals surface area (Å²) in [6, 6.07) is 2.47. The molecule has 0 radical (unpaired) electrons. The van der Waals surface area contributed by atoms with Gasteiger partial charge in [-0.15, -0.1) is 0 Å². The van der Waals surface area contributed by atoms with E-state index >= 15 is 0 Å². The first-order valence-corrected chi connectivity index (χ1v) is 11.3. The first-order valence-electron chi connectivity index (χ1n) is 11.3. The summed E-state index contributed by atoms with van der Waals surface area (Å²) in [7, 11) is 1.38. The number of aromatic hydroxyl groups is 1. The molecule has 1 aliphatic heterocycles. The van der Waals surface area contributed by atoms with Crippen molar-refractivity contribution < 1.29 is 14.2 Å². The van der Waals surface area contributed by atoms with Crippen LogP contribution in [0.25, 0.3) is 0 Å². The second-order valence-electron chi connectivity index (χ2n) is 7.47. The Kier molecular flexibility index (Phi) is 15.3. The number of nitrogens with two attached hydrogens (primary N) is 2. The van der Waals surface area contributed by atoms with Crippen LogP contribution in [-0.2, 0) is 0 Å². The molecule has 5 N–H and O–H groups in total. The third-order valence-corrected chi connectivity index (χ3v) is 4.13. The largest absolute Gasteiger partial charge is 0.507 e. The van der Waals surface area contributed by atoms with Crippen LogP contribution in [-0.4, -0.2) is 30.2 Å². The van der Waals surface area contributed by atoms with Crippen LogP contribution in [0, 0.1) is 5.82 Å². The number of ether oxygens (including phenoxy) is 1. The first kappa shape index (κ1) is 29.2. The van der Waals surface area contributed by atoms with Crippen molar-refractivity contribution in [3.63, 3.8) is 0 Å². The molecule has 1 aromatic carbocycles. The maximum absolute atomic E-state index is 14.3. The van der Waals surface area contributed by atoms with Gasteiger partial charge in [0.2, 0.25) is 0 Å². The Labute approximate surface area is 193 Å². The SMILES string of the molecule is CCC.CCCCCCC.COc1cc(O)c(C2=NCC=C(N)N=C2/C=C(/C)N)c(F)c1. The van der Waals surface area contributed by atoms with Crippen molar-refractivity contribution in [2.24, 2.45) is 21.5 Å². The van der Waals surface area contributed by atoms with Crippen LogP contribution in [0.15, 0.2) is 45.8 Å². The molecule has 180 valence electrons. The Bertz CT molecular complexity index is 783. The van der Waals surface area contributed by atoms with Crippen molar-refractivity contribution >= 4 is 11.4 Å². The third-order valence-electron chi connectivity index (χ3n) is 4.13. The molecule has 6 nitrogen and oxygen atoms in total. The summed E-state index contributed by atoms with van der Waals surface area (Å²) >= 11 is 0. The van der Waals surface area contributed by atoms with Crippen molar-refractivity contribution in [2.45, 2.75) is 73.1 Å². The molecule has 0 fully saturated rings. The van der Waals surface area contributed by atoms with Crippen LogP contribution < -0.4 is 16.2 Å². The van der Waals surface area contributed by atoms with Crippen LogP contribution in [0.1, 0.15) is 78.7 Å². The zero-order valence-electron chi connectivity index (χ0n) is 20.5. The first-order chi connectivity index (χ1) is 15.2. The normalized spacial score (nSPS) is 13.3. The highest BCUT2D eigenvalue weighted by atomic mass is 19.1. The molecule has 0 saturated heterocycles. The highest BCUT2D eigenvalue weighted by molar-refractivity contribution is 6.52. The number of phenols is 1. The monoisotopic (exact) mass is 448 g/mol. The molecule has 0 spiro atoms. The molecule has 0 saturated carbocycles. The van der Waals surface area contributed by atoms with Crippen molar-refractivity contribution in [2.75, 3.05) is 13.7 Å². The predicted octanol–water partition coefficient (Wildman–Crippen LogP) is 5.84. The lowest BCUT2D eigenvalue weighted by Crippen LogP contribution is -2.18. The summed E-state index contributed by atoms with van der Waals surface area (Å²) in [5.41, 5.74) is 12.2. The van der Waals surface area contributed by atoms with E-state index in [2.05, 4.69) is 37.7 Å². The van der Waals surface area contributed by atoms with Crippen LogP contribution in [0.5, 0.6) is 11.5 Å². The standard InChI is InChI=1S/C15H17FN4O2.C7H16.C3H8/c1-8(17)5-11-15(19-4-3-13(18)20-11)14-10(16)6-9(22-2)7-12(14)21;1-3-5-7-6-4-2;1-3-2/h3,5-7,21H,4,17-18H2,1-2H3;3-7H2,1-2H3;3H2,1-2H3/b8-5-;;. The van der Waals surface area contributed by atoms with Gasteiger partial charge in [0.1, 0.15) is 23.1 Å². The zero-order valence-corrected chi connectivity index (χ0v) is 20.5. The maximum Gasteiger partial charge on any atom is 0.140 e. The van der Waals surface area contributed by atoms with Gasteiger partial charge in [-0.25, -0.2) is 9.38 Å². The Hall–Kier alpha value is -2.83. The highest BCUT2D eigenvalue weighted by Crippen LogP contribution is 2.28. The van der Waals surface area contributed by atoms with Crippen molar-refractivity contribution in [1.82, 2.24) is 0 Å². The van der Waals surface area contributed by atoms with Gasteiger partial charge in [0.15, 0.2) is 0 Å². The van der Waals surface area contributed by atoms with Gasteiger partial charge in [0.05, 0.1) is 30.6 Å². The summed E-state index contributed by atoms with van der Waals surface area (Å²) in [6.07, 6.45) is 11.4. The molecule has 0 amide bonds. The van der Waals surface area contributed by atoms with E-state index in [9.17, 15) is 9.50 Å². The fourth-order valence-corrected chi connectivity index (χ4v) is 2.67. The molecule has 2 rings (SSSR count). The number of benzene rings is 1. The molecule has 1 aromatic rings. The van der Waals surface area contributed by atoms with Gasteiger partial charge >= 0.3 is 0 Å². The minimum absolute atomic E-state index is 0.0693. The van der Waals surface area contributed by atoms with Crippen LogP contribution in [0.4, 0.5) is 4.39 Å². The number of phenolic OH excluding ortho intramolecular Hbond substituents is 1. The number of aliphatic imine (C=N–C) groups is 2. The number of nitrogens with zero attached hydrogens (tertiary/aromatic N) is 2. The van der Waals surface area contributed by atoms with Crippen molar-refractivity contribution in [3.05, 3.63) is 47.2 Å². The van der Waals surface area contributed by atoms with E-state index in [4.69, 9.17) is 16.2 Å². The van der Waals surface area contributed by atoms with Crippen molar-refractivity contribution in [3.8, 4) is 11.5 Å². The Balaban J connectivity index is 0.000000809. The van der Waals surface area contributed by atoms with E-state index < -0.39 is 5.82 Å². The molecule has 1 aliphatic rings. The van der Waals surface area contributed by atoms with E-state index in [1.807, 2.05) is 0 Å². The lowest BCUT2D eigenvalue weighted by Gasteiger charge is -2.11. The fraction of sp³-hybridized carbons (Fsp3) is 0.520. The number of allylic oxidation sites excluding steroid dienone is 2. The molecule has 0 aliphatic carbocycles. The second kappa shape index (κ2) is 16.8. The van der Waals surface area contributed by atoms with Crippen LogP contribution >= 0.6 is 0 Å². The second-order valence-corrected chi connectivity index (χ2v) is 7.47. The predicted molar refractivity (Wildman–Crippen MR) is 134 cm³/mol. The number of rotatable bonds is 7. The average Bonchev–Trinajstić information content (AvgIpc) is 2.89. The zero-order chi connectivity index (χ0) is 24.5. The topological polar surface area (TPSA) is 106 Å². The summed E-state index contributed by atoms with van der Waals surface area (Å²) in [4.78, 5) is 8.40. The number of hydrogen-bond donors (Lipinski definition) is 3. The summed E-state index contributed by atoms with van der Waals surface area (Å²) in [5.74, 6) is -0.520. The number of hydrogen-bond acceptors (Lipinski definition) is 6. The minimum atomic E-state index is -0.674. The van der Waals surface area contributed by atoms with E-state index in [0.717, 1.165) is 6.07 Å². The number of unbranched alkanes of at least 4 members (excludes halogenated alkanes) is 4. The lowest BCUT2D eigenvalue weighted by atomic mass is 10.0. The van der Waals surface area contributed by atoms with Gasteiger partial charge in [0.25, 0.3) is 0 Å². The molecule has 0 atom stereocenters. The lowest BCUT2D eigenvalue weighted by molar-refractivity contribution is 0.402. The molecule has 1 heterocycles. The van der Waals surface area contributed by atoms with E-state index in [0.29, 0.717) is 5.70 Å². The molecular weight excluding hydrogens is 407 g/mol. The van der Waals surface area contributed by atoms with Gasteiger partial charge in [0, 0.05) is 17.8 Å². The minimum Gasteiger partial charge on any atom is -0.507 e. The molecule has 0 unspecified atom stereocenters. The molecule has 0 aromatic heterocycles. The summed E-state index contributed by atoms with van der Waals surface area (Å²) < 4.78 is 19.3. The van der Waals surface area contributed by atoms with Crippen LogP contribution in [0.3, 0.4) is 0 Å². The van der Waals surface area contributed by atoms with Crippen LogP contribution in [0.2, 0.25) is 0 Å².